The molecule has 2 aliphatic rings. The van der Waals surface area contributed by atoms with Crippen LogP contribution < -0.4 is 10.1 Å². The van der Waals surface area contributed by atoms with Crippen LogP contribution in [-0.2, 0) is 27.4 Å². The van der Waals surface area contributed by atoms with Crippen molar-refractivity contribution in [3.05, 3.63) is 83.8 Å². The zero-order valence-corrected chi connectivity index (χ0v) is 21.3. The minimum absolute atomic E-state index is 0.0804. The highest BCUT2D eigenvalue weighted by Crippen LogP contribution is 2.25. The lowest BCUT2D eigenvalue weighted by Gasteiger charge is -2.39. The molecule has 5 rings (SSSR count). The topological polar surface area (TPSA) is 101 Å². The molecule has 0 spiro atoms. The molecule has 2 aliphatic heterocycles. The van der Waals surface area contributed by atoms with Gasteiger partial charge in [0.05, 0.1) is 37.1 Å². The Hall–Kier alpha value is -4.11. The first-order valence-corrected chi connectivity index (χ1v) is 12.8. The van der Waals surface area contributed by atoms with E-state index in [-0.39, 0.29) is 43.3 Å². The van der Waals surface area contributed by atoms with E-state index in [0.717, 1.165) is 11.1 Å². The fourth-order valence-corrected chi connectivity index (χ4v) is 4.82. The van der Waals surface area contributed by atoms with Gasteiger partial charge in [0, 0.05) is 26.6 Å². The number of likely N-dealkylation sites (tertiary alicyclic amines) is 1. The van der Waals surface area contributed by atoms with Crippen molar-refractivity contribution in [2.45, 2.75) is 38.0 Å². The normalized spacial score (nSPS) is 21.0. The predicted octanol–water partition coefficient (Wildman–Crippen LogP) is 3.39. The van der Waals surface area contributed by atoms with Gasteiger partial charge < -0.3 is 29.0 Å². The first-order valence-electron chi connectivity index (χ1n) is 12.8. The fourth-order valence-electron chi connectivity index (χ4n) is 4.82. The number of carbonyl (C=O) groups excluding carboxylic acids is 3. The number of likely N-dealkylation sites (N-methyl/N-ethyl adjacent to an activating group) is 1. The molecule has 9 nitrogen and oxygen atoms in total. The number of nitrogens with zero attached hydrogens (tertiary/aromatic N) is 2. The van der Waals surface area contributed by atoms with Gasteiger partial charge in [-0.2, -0.15) is 0 Å². The molecular weight excluding hydrogens is 486 g/mol. The zero-order valence-electron chi connectivity index (χ0n) is 21.3. The van der Waals surface area contributed by atoms with Crippen LogP contribution >= 0.6 is 0 Å². The Bertz CT molecular complexity index is 1290. The van der Waals surface area contributed by atoms with Gasteiger partial charge in [0.2, 0.25) is 11.8 Å². The number of hydrogen-bond donors (Lipinski definition) is 1. The molecule has 1 aromatic heterocycles. The maximum Gasteiger partial charge on any atom is 0.257 e. The quantitative estimate of drug-likeness (QED) is 0.531. The summed E-state index contributed by atoms with van der Waals surface area (Å²) in [7, 11) is 1.62. The van der Waals surface area contributed by atoms with Crippen LogP contribution in [0.25, 0.3) is 0 Å². The third kappa shape index (κ3) is 6.23. The van der Waals surface area contributed by atoms with E-state index in [1.165, 1.54) is 17.4 Å². The van der Waals surface area contributed by atoms with Gasteiger partial charge in [-0.05, 0) is 54.3 Å². The van der Waals surface area contributed by atoms with Gasteiger partial charge in [-0.15, -0.1) is 0 Å². The van der Waals surface area contributed by atoms with Crippen molar-refractivity contribution < 1.29 is 28.3 Å². The highest BCUT2D eigenvalue weighted by Gasteiger charge is 2.34. The lowest BCUT2D eigenvalue weighted by atomic mass is 10.0. The summed E-state index contributed by atoms with van der Waals surface area (Å²) in [5.74, 6) is 0.789. The molecule has 0 saturated carbocycles. The van der Waals surface area contributed by atoms with Crippen LogP contribution in [0.15, 0.2) is 71.5 Å². The highest BCUT2D eigenvalue weighted by molar-refractivity contribution is 5.94. The van der Waals surface area contributed by atoms with Gasteiger partial charge in [-0.25, -0.2) is 0 Å². The number of furan rings is 1. The van der Waals surface area contributed by atoms with Crippen molar-refractivity contribution >= 4 is 17.7 Å². The summed E-state index contributed by atoms with van der Waals surface area (Å²) < 4.78 is 17.4. The third-order valence-corrected chi connectivity index (χ3v) is 6.88. The van der Waals surface area contributed by atoms with Crippen LogP contribution in [0.4, 0.5) is 0 Å². The van der Waals surface area contributed by atoms with Crippen molar-refractivity contribution in [3.63, 3.8) is 0 Å². The lowest BCUT2D eigenvalue weighted by molar-refractivity contribution is -0.135. The molecule has 0 aliphatic carbocycles. The van der Waals surface area contributed by atoms with E-state index in [0.29, 0.717) is 43.1 Å². The molecule has 3 amide bonds. The number of piperidine rings is 1. The Morgan fingerprint density at radius 3 is 2.53 bits per heavy atom. The van der Waals surface area contributed by atoms with Crippen LogP contribution in [0.1, 0.15) is 34.3 Å². The van der Waals surface area contributed by atoms with Crippen LogP contribution in [0.5, 0.6) is 11.5 Å². The van der Waals surface area contributed by atoms with Crippen LogP contribution in [0.2, 0.25) is 0 Å². The van der Waals surface area contributed by atoms with Crippen molar-refractivity contribution in [2.24, 2.45) is 0 Å². The minimum atomic E-state index is -0.436. The summed E-state index contributed by atoms with van der Waals surface area (Å²) in [6.45, 7) is 1.01. The van der Waals surface area contributed by atoms with Crippen LogP contribution in [-0.4, -0.2) is 66.3 Å². The van der Waals surface area contributed by atoms with E-state index in [1.54, 1.807) is 18.0 Å². The van der Waals surface area contributed by atoms with Gasteiger partial charge in [0.15, 0.2) is 0 Å². The Kier molecular flexibility index (Phi) is 7.74. The average Bonchev–Trinajstić information content (AvgIpc) is 3.45. The third-order valence-electron chi connectivity index (χ3n) is 6.88. The maximum atomic E-state index is 13.0. The SMILES string of the molecule is CN1CC(=O)N[C@H]2CN(C(=O)c3ccoc3)CC[C@H]2OCc2cccc(c2)Oc2cccc(c2)CCC1=O. The molecule has 2 aromatic carbocycles. The summed E-state index contributed by atoms with van der Waals surface area (Å²) in [5, 5.41) is 3.02. The number of fused-ring (bicyclic) bond motifs is 5. The van der Waals surface area contributed by atoms with E-state index in [1.807, 2.05) is 48.5 Å². The van der Waals surface area contributed by atoms with Crippen LogP contribution in [0, 0.1) is 0 Å². The standard InChI is InChI=1S/C29H31N3O6/c1-31-17-27(33)30-25-16-32(29(35)22-11-13-36-19-22)12-10-26(25)37-18-21-5-3-7-24(15-21)38-23-6-2-4-20(14-23)8-9-28(31)34/h2-7,11,13-15,19,25-26H,8-10,12,16-18H2,1H3,(H,30,33)/t25-,26+/m0/s1. The molecule has 0 radical (unpaired) electrons. The average molecular weight is 518 g/mol. The van der Waals surface area contributed by atoms with E-state index in [9.17, 15) is 14.4 Å². The summed E-state index contributed by atoms with van der Waals surface area (Å²) in [6, 6.07) is 16.5. The molecule has 4 bridgehead atoms. The molecular formula is C29H31N3O6. The molecule has 3 aromatic rings. The van der Waals surface area contributed by atoms with Gasteiger partial charge in [-0.1, -0.05) is 24.3 Å². The molecule has 1 saturated heterocycles. The summed E-state index contributed by atoms with van der Waals surface area (Å²) >= 11 is 0. The Morgan fingerprint density at radius 1 is 1.00 bits per heavy atom. The Balaban J connectivity index is 1.37. The molecule has 9 heteroatoms. The lowest BCUT2D eigenvalue weighted by Crippen LogP contribution is -2.58. The largest absolute Gasteiger partial charge is 0.472 e. The fraction of sp³-hybridized carbons (Fsp3) is 0.345. The van der Waals surface area contributed by atoms with Gasteiger partial charge in [-0.3, -0.25) is 14.4 Å². The van der Waals surface area contributed by atoms with E-state index in [4.69, 9.17) is 13.9 Å². The molecule has 0 unspecified atom stereocenters. The van der Waals surface area contributed by atoms with E-state index >= 15 is 0 Å². The van der Waals surface area contributed by atoms with Gasteiger partial charge in [0.25, 0.3) is 5.91 Å². The molecule has 198 valence electrons. The predicted molar refractivity (Wildman–Crippen MR) is 139 cm³/mol. The Morgan fingerprint density at radius 2 is 1.76 bits per heavy atom. The number of ether oxygens (including phenoxy) is 2. The molecule has 38 heavy (non-hydrogen) atoms. The number of benzene rings is 2. The summed E-state index contributed by atoms with van der Waals surface area (Å²) in [4.78, 5) is 41.8. The van der Waals surface area contributed by atoms with Gasteiger partial charge >= 0.3 is 0 Å². The van der Waals surface area contributed by atoms with Crippen molar-refractivity contribution in [3.8, 4) is 11.5 Å². The second kappa shape index (κ2) is 11.5. The molecule has 1 N–H and O–H groups in total. The molecule has 1 fully saturated rings. The number of nitrogens with one attached hydrogen (secondary N) is 1. The Labute approximate surface area is 221 Å². The van der Waals surface area contributed by atoms with Crippen molar-refractivity contribution in [2.75, 3.05) is 26.7 Å². The van der Waals surface area contributed by atoms with Crippen LogP contribution in [0.3, 0.4) is 0 Å². The summed E-state index contributed by atoms with van der Waals surface area (Å²) in [6.07, 6.45) is 3.92. The maximum absolute atomic E-state index is 13.0. The van der Waals surface area contributed by atoms with Crippen molar-refractivity contribution in [1.82, 2.24) is 15.1 Å². The molecule has 3 heterocycles. The monoisotopic (exact) mass is 517 g/mol. The molecule has 2 atom stereocenters. The second-order valence-electron chi connectivity index (χ2n) is 9.72. The minimum Gasteiger partial charge on any atom is -0.472 e. The number of aryl methyl sites for hydroxylation is 1. The zero-order chi connectivity index (χ0) is 26.5. The van der Waals surface area contributed by atoms with Gasteiger partial charge in [0.1, 0.15) is 17.8 Å². The number of rotatable bonds is 1. The summed E-state index contributed by atoms with van der Waals surface area (Å²) in [5.41, 5.74) is 2.37. The number of carbonyl (C=O) groups is 3. The number of amides is 3. The highest BCUT2D eigenvalue weighted by atomic mass is 16.5. The van der Waals surface area contributed by atoms with Crippen molar-refractivity contribution in [1.29, 1.82) is 0 Å². The first-order chi connectivity index (χ1) is 18.4. The second-order valence-corrected chi connectivity index (χ2v) is 9.72. The van der Waals surface area contributed by atoms with E-state index < -0.39 is 6.04 Å². The first kappa shape index (κ1) is 25.5. The number of hydrogen-bond acceptors (Lipinski definition) is 6. The van der Waals surface area contributed by atoms with E-state index in [2.05, 4.69) is 5.32 Å². The smallest absolute Gasteiger partial charge is 0.257 e.